The van der Waals surface area contributed by atoms with E-state index < -0.39 is 5.97 Å². The summed E-state index contributed by atoms with van der Waals surface area (Å²) in [6.07, 6.45) is 3.64. The summed E-state index contributed by atoms with van der Waals surface area (Å²) >= 11 is 0. The van der Waals surface area contributed by atoms with E-state index in [1.807, 2.05) is 11.6 Å². The highest BCUT2D eigenvalue weighted by Crippen LogP contribution is 2.41. The third kappa shape index (κ3) is 2.65. The van der Waals surface area contributed by atoms with E-state index in [-0.39, 0.29) is 0 Å². The molecule has 8 heteroatoms. The van der Waals surface area contributed by atoms with Crippen LogP contribution in [0.3, 0.4) is 0 Å². The fourth-order valence-electron chi connectivity index (χ4n) is 2.35. The van der Waals surface area contributed by atoms with Crippen molar-refractivity contribution in [3.63, 3.8) is 0 Å². The molecular weight excluding hydrogens is 272 g/mol. The second-order valence-corrected chi connectivity index (χ2v) is 4.97. The molecule has 0 bridgehead atoms. The van der Waals surface area contributed by atoms with E-state index in [4.69, 9.17) is 4.74 Å². The van der Waals surface area contributed by atoms with Crippen LogP contribution in [0.4, 0.5) is 0 Å². The number of carbonyl (C=O) groups excluding carboxylic acids is 1. The number of aryl methyl sites for hydroxylation is 1. The number of hydrogen-bond acceptors (Lipinski definition) is 6. The largest absolute Gasteiger partial charge is 0.461 e. The quantitative estimate of drug-likeness (QED) is 0.737. The predicted molar refractivity (Wildman–Crippen MR) is 72.8 cm³/mol. The Balaban J connectivity index is 1.90. The van der Waals surface area contributed by atoms with Gasteiger partial charge in [0, 0.05) is 12.5 Å². The Morgan fingerprint density at radius 2 is 2.19 bits per heavy atom. The summed E-state index contributed by atoms with van der Waals surface area (Å²) in [6, 6.07) is 0. The third-order valence-corrected chi connectivity index (χ3v) is 3.49. The minimum Gasteiger partial charge on any atom is -0.461 e. The molecule has 1 aliphatic rings. The van der Waals surface area contributed by atoms with E-state index in [0.717, 1.165) is 30.9 Å². The molecule has 3 rings (SSSR count). The van der Waals surface area contributed by atoms with Crippen molar-refractivity contribution in [3.05, 3.63) is 23.5 Å². The van der Waals surface area contributed by atoms with Gasteiger partial charge in [0.2, 0.25) is 0 Å². The van der Waals surface area contributed by atoms with Crippen molar-refractivity contribution < 1.29 is 9.53 Å². The van der Waals surface area contributed by atoms with Crippen LogP contribution < -0.4 is 0 Å². The summed E-state index contributed by atoms with van der Waals surface area (Å²) < 4.78 is 8.61. The molecule has 0 saturated heterocycles. The highest BCUT2D eigenvalue weighted by molar-refractivity contribution is 5.88. The Morgan fingerprint density at radius 1 is 1.38 bits per heavy atom. The predicted octanol–water partition coefficient (Wildman–Crippen LogP) is 0.992. The molecule has 112 valence electrons. The summed E-state index contributed by atoms with van der Waals surface area (Å²) in [6.45, 7) is 5.33. The lowest BCUT2D eigenvalue weighted by Gasteiger charge is -2.07. The minimum atomic E-state index is -0.400. The summed E-state index contributed by atoms with van der Waals surface area (Å²) in [7, 11) is 0. The van der Waals surface area contributed by atoms with Crippen LogP contribution in [-0.2, 0) is 17.8 Å². The molecule has 0 radical (unpaired) electrons. The molecule has 0 atom stereocenters. The number of ether oxygens (including phenoxy) is 1. The van der Waals surface area contributed by atoms with Crippen LogP contribution in [0.1, 0.15) is 54.6 Å². The van der Waals surface area contributed by atoms with E-state index in [9.17, 15) is 4.79 Å². The maximum absolute atomic E-state index is 12.0. The number of carbonyl (C=O) groups is 1. The Morgan fingerprint density at radius 3 is 2.86 bits per heavy atom. The molecular formula is C13H18N6O2. The molecule has 0 amide bonds. The summed E-state index contributed by atoms with van der Waals surface area (Å²) in [4.78, 5) is 16.2. The molecule has 2 aromatic rings. The zero-order valence-electron chi connectivity index (χ0n) is 12.2. The van der Waals surface area contributed by atoms with Crippen molar-refractivity contribution >= 4 is 5.97 Å². The van der Waals surface area contributed by atoms with Crippen molar-refractivity contribution in [2.75, 3.05) is 6.61 Å². The van der Waals surface area contributed by atoms with Gasteiger partial charge in [0.1, 0.15) is 18.7 Å². The number of nitrogens with zero attached hydrogens (tertiary/aromatic N) is 6. The monoisotopic (exact) mass is 290 g/mol. The zero-order valence-corrected chi connectivity index (χ0v) is 12.2. The first-order valence-corrected chi connectivity index (χ1v) is 7.21. The van der Waals surface area contributed by atoms with Crippen molar-refractivity contribution in [3.8, 4) is 0 Å². The van der Waals surface area contributed by atoms with Gasteiger partial charge >= 0.3 is 5.97 Å². The molecule has 8 nitrogen and oxygen atoms in total. The standard InChI is InChI=1S/C13H18N6O2/c1-3-18-10(14-8-15-18)7-19-12(9-5-6-9)11(16-17-19)13(20)21-4-2/h8-9H,3-7H2,1-2H3. The first-order valence-electron chi connectivity index (χ1n) is 7.21. The van der Waals surface area contributed by atoms with Gasteiger partial charge in [-0.2, -0.15) is 5.10 Å². The maximum Gasteiger partial charge on any atom is 0.360 e. The van der Waals surface area contributed by atoms with Gasteiger partial charge in [0.15, 0.2) is 5.69 Å². The number of hydrogen-bond donors (Lipinski definition) is 0. The SMILES string of the molecule is CCOC(=O)c1nnn(Cc2ncnn2CC)c1C1CC1. The first-order chi connectivity index (χ1) is 10.2. The fourth-order valence-corrected chi connectivity index (χ4v) is 2.35. The molecule has 1 saturated carbocycles. The molecule has 21 heavy (non-hydrogen) atoms. The van der Waals surface area contributed by atoms with Crippen LogP contribution in [-0.4, -0.2) is 42.3 Å². The van der Waals surface area contributed by atoms with E-state index >= 15 is 0 Å². The Hall–Kier alpha value is -2.25. The summed E-state index contributed by atoms with van der Waals surface area (Å²) in [5, 5.41) is 12.3. The Labute approximate surface area is 122 Å². The average molecular weight is 290 g/mol. The topological polar surface area (TPSA) is 87.7 Å². The molecule has 0 N–H and O–H groups in total. The van der Waals surface area contributed by atoms with Gasteiger partial charge in [-0.1, -0.05) is 5.21 Å². The average Bonchev–Trinajstić information content (AvgIpc) is 3.07. The van der Waals surface area contributed by atoms with E-state index in [1.165, 1.54) is 6.33 Å². The molecule has 2 heterocycles. The van der Waals surface area contributed by atoms with Crippen LogP contribution in [0.15, 0.2) is 6.33 Å². The van der Waals surface area contributed by atoms with Gasteiger partial charge in [-0.25, -0.2) is 19.1 Å². The second kappa shape index (κ2) is 5.63. The zero-order chi connectivity index (χ0) is 14.8. The van der Waals surface area contributed by atoms with Crippen LogP contribution in [0.25, 0.3) is 0 Å². The highest BCUT2D eigenvalue weighted by Gasteiger charge is 2.34. The Bertz CT molecular complexity index is 643. The third-order valence-electron chi connectivity index (χ3n) is 3.49. The first kappa shape index (κ1) is 13.7. The van der Waals surface area contributed by atoms with Gasteiger partial charge in [0.25, 0.3) is 0 Å². The van der Waals surface area contributed by atoms with Crippen LogP contribution in [0.5, 0.6) is 0 Å². The van der Waals surface area contributed by atoms with Crippen LogP contribution in [0, 0.1) is 0 Å². The lowest BCUT2D eigenvalue weighted by atomic mass is 10.2. The number of esters is 1. The van der Waals surface area contributed by atoms with Gasteiger partial charge in [-0.05, 0) is 26.7 Å². The lowest BCUT2D eigenvalue weighted by molar-refractivity contribution is 0.0518. The molecule has 0 aromatic carbocycles. The van der Waals surface area contributed by atoms with Gasteiger partial charge in [0.05, 0.1) is 12.3 Å². The summed E-state index contributed by atoms with van der Waals surface area (Å²) in [5.74, 6) is 0.750. The molecule has 2 aromatic heterocycles. The minimum absolute atomic E-state index is 0.333. The van der Waals surface area contributed by atoms with Gasteiger partial charge < -0.3 is 4.74 Å². The Kier molecular flexibility index (Phi) is 3.68. The van der Waals surface area contributed by atoms with Crippen LogP contribution >= 0.6 is 0 Å². The number of aromatic nitrogens is 6. The molecule has 1 aliphatic carbocycles. The second-order valence-electron chi connectivity index (χ2n) is 4.97. The van der Waals surface area contributed by atoms with Crippen molar-refractivity contribution in [2.24, 2.45) is 0 Å². The molecule has 0 spiro atoms. The fraction of sp³-hybridized carbons (Fsp3) is 0.615. The van der Waals surface area contributed by atoms with Crippen LogP contribution in [0.2, 0.25) is 0 Å². The van der Waals surface area contributed by atoms with Gasteiger partial charge in [-0.15, -0.1) is 5.10 Å². The number of rotatable bonds is 6. The van der Waals surface area contributed by atoms with Crippen molar-refractivity contribution in [1.82, 2.24) is 29.8 Å². The highest BCUT2D eigenvalue weighted by atomic mass is 16.5. The maximum atomic E-state index is 12.0. The van der Waals surface area contributed by atoms with Crippen molar-refractivity contribution in [1.29, 1.82) is 0 Å². The lowest BCUT2D eigenvalue weighted by Crippen LogP contribution is -2.14. The smallest absolute Gasteiger partial charge is 0.360 e. The van der Waals surface area contributed by atoms with E-state index in [2.05, 4.69) is 20.4 Å². The normalized spacial score (nSPS) is 14.4. The molecule has 0 unspecified atom stereocenters. The van der Waals surface area contributed by atoms with Crippen molar-refractivity contribution in [2.45, 2.75) is 45.7 Å². The molecule has 0 aliphatic heterocycles. The summed E-state index contributed by atoms with van der Waals surface area (Å²) in [5.41, 5.74) is 1.20. The van der Waals surface area contributed by atoms with E-state index in [0.29, 0.717) is 24.8 Å². The van der Waals surface area contributed by atoms with E-state index in [1.54, 1.807) is 11.6 Å². The van der Waals surface area contributed by atoms with Gasteiger partial charge in [-0.3, -0.25) is 0 Å². The molecule has 1 fully saturated rings.